The van der Waals surface area contributed by atoms with E-state index in [-0.39, 0.29) is 35.5 Å². The minimum Gasteiger partial charge on any atom is -0.451 e. The van der Waals surface area contributed by atoms with Gasteiger partial charge >= 0.3 is 6.09 Å². The molecule has 2 aliphatic rings. The maximum absolute atomic E-state index is 14.2. The monoisotopic (exact) mass is 538 g/mol. The molecule has 2 aromatic rings. The molecule has 4 rings (SSSR count). The predicted octanol–water partition coefficient (Wildman–Crippen LogP) is 4.97. The highest BCUT2D eigenvalue weighted by atomic mass is 19.1. The van der Waals surface area contributed by atoms with E-state index in [0.717, 1.165) is 32.0 Å². The minimum atomic E-state index is -0.579. The lowest BCUT2D eigenvalue weighted by molar-refractivity contribution is 0.00586. The van der Waals surface area contributed by atoms with Gasteiger partial charge in [-0.3, -0.25) is 14.5 Å². The van der Waals surface area contributed by atoms with Crippen molar-refractivity contribution in [1.82, 2.24) is 19.8 Å². The molecule has 0 aliphatic carbocycles. The molecule has 208 valence electrons. The number of likely N-dealkylation sites (tertiary alicyclic amines) is 1. The third kappa shape index (κ3) is 6.38. The van der Waals surface area contributed by atoms with Gasteiger partial charge < -0.3 is 19.3 Å². The first kappa shape index (κ1) is 28.1. The van der Waals surface area contributed by atoms with E-state index in [2.05, 4.69) is 19.7 Å². The molecule has 39 heavy (non-hydrogen) atoms. The normalized spacial score (nSPS) is 16.5. The van der Waals surface area contributed by atoms with Gasteiger partial charge in [0.05, 0.1) is 11.8 Å². The van der Waals surface area contributed by atoms with E-state index >= 15 is 0 Å². The van der Waals surface area contributed by atoms with Crippen molar-refractivity contribution in [1.29, 1.82) is 0 Å². The summed E-state index contributed by atoms with van der Waals surface area (Å²) in [6.07, 6.45) is 4.39. The lowest BCUT2D eigenvalue weighted by Gasteiger charge is -2.54. The van der Waals surface area contributed by atoms with Crippen LogP contribution in [-0.2, 0) is 4.74 Å². The second-order valence-electron chi connectivity index (χ2n) is 11.4. The van der Waals surface area contributed by atoms with Crippen molar-refractivity contribution in [3.8, 4) is 11.5 Å². The summed E-state index contributed by atoms with van der Waals surface area (Å²) in [6.45, 7) is 19.0. The average Bonchev–Trinajstić information content (AvgIpc) is 2.86. The Labute approximate surface area is 228 Å². The number of carbonyl (C=O) groups excluding carboxylic acids is 2. The molecule has 2 aliphatic heterocycles. The summed E-state index contributed by atoms with van der Waals surface area (Å²) in [5.41, 5.74) is -0.436. The van der Waals surface area contributed by atoms with Crippen LogP contribution in [0.2, 0.25) is 0 Å². The predicted molar refractivity (Wildman–Crippen MR) is 143 cm³/mol. The van der Waals surface area contributed by atoms with Gasteiger partial charge in [0, 0.05) is 37.6 Å². The van der Waals surface area contributed by atoms with E-state index in [1.807, 2.05) is 20.8 Å². The Kier molecular flexibility index (Phi) is 7.95. The van der Waals surface area contributed by atoms with Crippen molar-refractivity contribution in [2.24, 2.45) is 5.41 Å². The van der Waals surface area contributed by atoms with Crippen molar-refractivity contribution in [3.05, 3.63) is 53.5 Å². The third-order valence-electron chi connectivity index (χ3n) is 6.99. The van der Waals surface area contributed by atoms with Gasteiger partial charge in [-0.2, -0.15) is 0 Å². The zero-order valence-electron chi connectivity index (χ0n) is 23.1. The summed E-state index contributed by atoms with van der Waals surface area (Å²) in [7, 11) is 0. The van der Waals surface area contributed by atoms with Crippen molar-refractivity contribution < 1.29 is 23.5 Å². The molecule has 11 heteroatoms. The van der Waals surface area contributed by atoms with Crippen LogP contribution >= 0.6 is 0 Å². The second kappa shape index (κ2) is 11.0. The summed E-state index contributed by atoms with van der Waals surface area (Å²) in [4.78, 5) is 42.8. The van der Waals surface area contributed by atoms with Crippen molar-refractivity contribution in [2.75, 3.05) is 37.7 Å². The number of piperidine rings is 1. The summed E-state index contributed by atoms with van der Waals surface area (Å²) < 4.78 is 25.8. The van der Waals surface area contributed by atoms with Crippen LogP contribution in [0.15, 0.2) is 30.7 Å². The number of hydrogen-bond donors (Lipinski definition) is 0. The molecule has 0 atom stereocenters. The fraction of sp³-hybridized carbons (Fsp3) is 0.536. The number of nitrogens with zero attached hydrogens (tertiary/aromatic N) is 6. The summed E-state index contributed by atoms with van der Waals surface area (Å²) in [6, 6.07) is 3.50. The van der Waals surface area contributed by atoms with E-state index in [4.69, 9.17) is 16.0 Å². The molecule has 0 N–H and O–H groups in total. The first-order chi connectivity index (χ1) is 18.4. The fourth-order valence-electron chi connectivity index (χ4n) is 4.91. The largest absolute Gasteiger partial charge is 0.451 e. The molecule has 2 amide bonds. The first-order valence-electron chi connectivity index (χ1n) is 13.1. The minimum absolute atomic E-state index is 0.0248. The van der Waals surface area contributed by atoms with Crippen LogP contribution in [0.3, 0.4) is 0 Å². The molecule has 2 fully saturated rings. The lowest BCUT2D eigenvalue weighted by atomic mass is 9.72. The van der Waals surface area contributed by atoms with Crippen LogP contribution in [-0.4, -0.2) is 76.3 Å². The van der Waals surface area contributed by atoms with Crippen molar-refractivity contribution >= 4 is 17.8 Å². The molecular formula is C28H35FN6O4. The van der Waals surface area contributed by atoms with Crippen LogP contribution in [0.5, 0.6) is 11.5 Å². The average molecular weight is 539 g/mol. The number of benzene rings is 1. The van der Waals surface area contributed by atoms with Crippen molar-refractivity contribution in [2.45, 2.75) is 59.1 Å². The number of ether oxygens (including phenoxy) is 2. The molecular weight excluding hydrogens is 503 g/mol. The topological polar surface area (TPSA) is 92.5 Å². The maximum atomic E-state index is 14.2. The molecule has 0 bridgehead atoms. The highest BCUT2D eigenvalue weighted by Crippen LogP contribution is 2.45. The highest BCUT2D eigenvalue weighted by molar-refractivity contribution is 5.97. The summed E-state index contributed by atoms with van der Waals surface area (Å²) in [5, 5.41) is 0. The first-order valence-corrected chi connectivity index (χ1v) is 13.1. The zero-order chi connectivity index (χ0) is 28.4. The van der Waals surface area contributed by atoms with Crippen LogP contribution in [0.25, 0.3) is 4.85 Å². The zero-order valence-corrected chi connectivity index (χ0v) is 23.1. The Balaban J connectivity index is 1.47. The van der Waals surface area contributed by atoms with Gasteiger partial charge in [0.2, 0.25) is 0 Å². The molecule has 0 saturated carbocycles. The molecule has 1 aromatic carbocycles. The number of aromatic nitrogens is 2. The second-order valence-corrected chi connectivity index (χ2v) is 11.4. The Morgan fingerprint density at radius 3 is 2.51 bits per heavy atom. The summed E-state index contributed by atoms with van der Waals surface area (Å²) >= 11 is 0. The maximum Gasteiger partial charge on any atom is 0.410 e. The quantitative estimate of drug-likeness (QED) is 0.480. The Morgan fingerprint density at radius 2 is 1.90 bits per heavy atom. The van der Waals surface area contributed by atoms with Gasteiger partial charge in [0.25, 0.3) is 12.6 Å². The summed E-state index contributed by atoms with van der Waals surface area (Å²) in [5.74, 6) is 0.0157. The van der Waals surface area contributed by atoms with Gasteiger partial charge in [0.15, 0.2) is 11.6 Å². The lowest BCUT2D eigenvalue weighted by Crippen LogP contribution is -2.61. The Hall–Kier alpha value is -3.94. The molecule has 0 radical (unpaired) electrons. The number of hydrogen-bond acceptors (Lipinski definition) is 7. The molecule has 0 unspecified atom stereocenters. The molecule has 2 saturated heterocycles. The van der Waals surface area contributed by atoms with Crippen LogP contribution < -0.4 is 9.64 Å². The Bertz CT molecular complexity index is 1260. The van der Waals surface area contributed by atoms with Gasteiger partial charge in [-0.1, -0.05) is 0 Å². The molecule has 3 heterocycles. The van der Waals surface area contributed by atoms with Gasteiger partial charge in [-0.25, -0.2) is 25.7 Å². The van der Waals surface area contributed by atoms with Gasteiger partial charge in [-0.15, -0.1) is 0 Å². The molecule has 1 aromatic heterocycles. The van der Waals surface area contributed by atoms with Crippen LogP contribution in [0.4, 0.5) is 15.0 Å². The van der Waals surface area contributed by atoms with E-state index in [1.54, 1.807) is 18.7 Å². The number of rotatable bonds is 6. The SMILES string of the molecule is [C-]#[N+]CN(C(=O)c1cc(F)ccc1Oc1cncnc1N1CC2(CCN(C(=O)OC(C)(C)C)CC2)C1)C(C)C. The van der Waals surface area contributed by atoms with Crippen LogP contribution in [0.1, 0.15) is 57.8 Å². The molecule has 1 spiro atoms. The number of amides is 2. The molecule has 10 nitrogen and oxygen atoms in total. The third-order valence-corrected chi connectivity index (χ3v) is 6.99. The number of anilines is 1. The highest BCUT2D eigenvalue weighted by Gasteiger charge is 2.47. The van der Waals surface area contributed by atoms with E-state index < -0.39 is 17.3 Å². The van der Waals surface area contributed by atoms with E-state index in [9.17, 15) is 14.0 Å². The van der Waals surface area contributed by atoms with Gasteiger partial charge in [0.1, 0.15) is 23.5 Å². The van der Waals surface area contributed by atoms with Gasteiger partial charge in [-0.05, 0) is 65.7 Å². The van der Waals surface area contributed by atoms with Crippen LogP contribution in [0, 0.1) is 17.8 Å². The number of carbonyl (C=O) groups is 2. The van der Waals surface area contributed by atoms with E-state index in [1.165, 1.54) is 29.6 Å². The standard InChI is InChI=1S/C28H35FN6O4/c1-19(2)35(18-30-6)25(36)21-13-20(29)7-8-22(21)38-23-14-31-17-32-24(23)34-15-28(16-34)9-11-33(12-10-28)26(37)39-27(3,4)5/h7-8,13-14,17,19H,9-12,15-16,18H2,1-5H3. The van der Waals surface area contributed by atoms with Crippen molar-refractivity contribution in [3.63, 3.8) is 0 Å². The Morgan fingerprint density at radius 1 is 1.21 bits per heavy atom. The fourth-order valence-corrected chi connectivity index (χ4v) is 4.91. The van der Waals surface area contributed by atoms with E-state index in [0.29, 0.717) is 24.7 Å². The smallest absolute Gasteiger partial charge is 0.410 e. The number of halogens is 1.